The predicted molar refractivity (Wildman–Crippen MR) is 46.3 cm³/mol. The smallest absolute Gasteiger partial charge is 0.407 e. The van der Waals surface area contributed by atoms with E-state index in [4.69, 9.17) is 5.11 Å². The van der Waals surface area contributed by atoms with E-state index in [1.54, 1.807) is 4.90 Å². The second-order valence-electron chi connectivity index (χ2n) is 3.30. The summed E-state index contributed by atoms with van der Waals surface area (Å²) in [6.45, 7) is 4.38. The molecule has 1 saturated heterocycles. The number of hydrogen-bond donors (Lipinski definition) is 1. The van der Waals surface area contributed by atoms with Gasteiger partial charge in [0.2, 0.25) is 0 Å². The van der Waals surface area contributed by atoms with Crippen molar-refractivity contribution < 1.29 is 9.90 Å². The van der Waals surface area contributed by atoms with Gasteiger partial charge in [0.25, 0.3) is 0 Å². The first-order valence-electron chi connectivity index (χ1n) is 4.33. The van der Waals surface area contributed by atoms with Gasteiger partial charge in [0.1, 0.15) is 0 Å². The molecule has 0 aromatic rings. The maximum absolute atomic E-state index is 10.7. The van der Waals surface area contributed by atoms with Crippen molar-refractivity contribution >= 4 is 6.09 Å². The van der Waals surface area contributed by atoms with Crippen LogP contribution in [0, 0.1) is 0 Å². The van der Waals surface area contributed by atoms with Gasteiger partial charge in [-0.05, 0) is 13.5 Å². The summed E-state index contributed by atoms with van der Waals surface area (Å²) in [4.78, 5) is 14.5. The average molecular weight is 172 g/mol. The molecule has 1 atom stereocenters. The molecule has 4 nitrogen and oxygen atoms in total. The fourth-order valence-electron chi connectivity index (χ4n) is 1.61. The molecule has 0 saturated carbocycles. The van der Waals surface area contributed by atoms with Gasteiger partial charge in [0.05, 0.1) is 0 Å². The topological polar surface area (TPSA) is 43.8 Å². The zero-order valence-electron chi connectivity index (χ0n) is 7.66. The van der Waals surface area contributed by atoms with Crippen LogP contribution in [0.15, 0.2) is 0 Å². The highest BCUT2D eigenvalue weighted by Crippen LogP contribution is 2.11. The second kappa shape index (κ2) is 3.76. The Morgan fingerprint density at radius 3 is 2.75 bits per heavy atom. The zero-order chi connectivity index (χ0) is 9.14. The molecule has 1 aliphatic heterocycles. The fourth-order valence-corrected chi connectivity index (χ4v) is 1.61. The Morgan fingerprint density at radius 2 is 2.25 bits per heavy atom. The molecule has 0 spiro atoms. The van der Waals surface area contributed by atoms with Gasteiger partial charge < -0.3 is 14.9 Å². The van der Waals surface area contributed by atoms with Crippen LogP contribution >= 0.6 is 0 Å². The quantitative estimate of drug-likeness (QED) is 0.633. The largest absolute Gasteiger partial charge is 0.465 e. The van der Waals surface area contributed by atoms with Crippen LogP contribution in [0.4, 0.5) is 4.79 Å². The number of amides is 1. The SMILES string of the molecule is CCC1CN(C)CCN1C(=O)O. The first kappa shape index (κ1) is 9.32. The summed E-state index contributed by atoms with van der Waals surface area (Å²) in [5.41, 5.74) is 0. The van der Waals surface area contributed by atoms with Crippen molar-refractivity contribution in [2.75, 3.05) is 26.7 Å². The van der Waals surface area contributed by atoms with Crippen LogP contribution in [0.1, 0.15) is 13.3 Å². The third-order valence-corrected chi connectivity index (χ3v) is 2.40. The lowest BCUT2D eigenvalue weighted by atomic mass is 10.1. The molecule has 1 heterocycles. The van der Waals surface area contributed by atoms with Gasteiger partial charge >= 0.3 is 6.09 Å². The third kappa shape index (κ3) is 1.88. The summed E-state index contributed by atoms with van der Waals surface area (Å²) in [7, 11) is 2.03. The van der Waals surface area contributed by atoms with Gasteiger partial charge in [0, 0.05) is 25.7 Å². The normalized spacial score (nSPS) is 25.8. The highest BCUT2D eigenvalue weighted by Gasteiger charge is 2.26. The number of carboxylic acid groups (broad SMARTS) is 1. The van der Waals surface area contributed by atoms with Crippen LogP contribution < -0.4 is 0 Å². The van der Waals surface area contributed by atoms with E-state index in [1.807, 2.05) is 14.0 Å². The molecular weight excluding hydrogens is 156 g/mol. The molecule has 1 N–H and O–H groups in total. The number of nitrogens with zero attached hydrogens (tertiary/aromatic N) is 2. The van der Waals surface area contributed by atoms with Gasteiger partial charge in [0.15, 0.2) is 0 Å². The van der Waals surface area contributed by atoms with E-state index in [0.29, 0.717) is 6.54 Å². The molecule has 0 aromatic carbocycles. The monoisotopic (exact) mass is 172 g/mol. The standard InChI is InChI=1S/C8H16N2O2/c1-3-7-6-9(2)4-5-10(7)8(11)12/h7H,3-6H2,1-2H3,(H,11,12). The first-order valence-corrected chi connectivity index (χ1v) is 4.33. The Bertz CT molecular complexity index is 172. The van der Waals surface area contributed by atoms with E-state index in [0.717, 1.165) is 19.5 Å². The van der Waals surface area contributed by atoms with E-state index in [1.165, 1.54) is 0 Å². The molecule has 1 unspecified atom stereocenters. The van der Waals surface area contributed by atoms with E-state index in [9.17, 15) is 4.79 Å². The molecule has 0 bridgehead atoms. The summed E-state index contributed by atoms with van der Waals surface area (Å²) in [6, 6.07) is 0.182. The van der Waals surface area contributed by atoms with Crippen LogP contribution in [0.5, 0.6) is 0 Å². The molecular formula is C8H16N2O2. The zero-order valence-corrected chi connectivity index (χ0v) is 7.66. The summed E-state index contributed by atoms with van der Waals surface area (Å²) < 4.78 is 0. The van der Waals surface area contributed by atoms with Crippen molar-refractivity contribution in [3.8, 4) is 0 Å². The van der Waals surface area contributed by atoms with Crippen LogP contribution in [-0.2, 0) is 0 Å². The summed E-state index contributed by atoms with van der Waals surface area (Å²) in [5, 5.41) is 8.83. The maximum Gasteiger partial charge on any atom is 0.407 e. The first-order chi connectivity index (χ1) is 5.65. The molecule has 70 valence electrons. The van der Waals surface area contributed by atoms with Gasteiger partial charge in [-0.1, -0.05) is 6.92 Å². The Kier molecular flexibility index (Phi) is 2.92. The Morgan fingerprint density at radius 1 is 1.58 bits per heavy atom. The van der Waals surface area contributed by atoms with Crippen molar-refractivity contribution in [3.05, 3.63) is 0 Å². The second-order valence-corrected chi connectivity index (χ2v) is 3.30. The number of likely N-dealkylation sites (N-methyl/N-ethyl adjacent to an activating group) is 1. The number of piperazine rings is 1. The molecule has 0 aromatic heterocycles. The summed E-state index contributed by atoms with van der Waals surface area (Å²) >= 11 is 0. The predicted octanol–water partition coefficient (Wildman–Crippen LogP) is 0.690. The molecule has 0 radical (unpaired) electrons. The Labute approximate surface area is 72.8 Å². The molecule has 12 heavy (non-hydrogen) atoms. The van der Waals surface area contributed by atoms with Crippen molar-refractivity contribution in [2.45, 2.75) is 19.4 Å². The number of hydrogen-bond acceptors (Lipinski definition) is 2. The van der Waals surface area contributed by atoms with E-state index < -0.39 is 6.09 Å². The van der Waals surface area contributed by atoms with Gasteiger partial charge in [-0.3, -0.25) is 0 Å². The minimum absolute atomic E-state index is 0.182. The minimum Gasteiger partial charge on any atom is -0.465 e. The van der Waals surface area contributed by atoms with E-state index in [2.05, 4.69) is 4.90 Å². The van der Waals surface area contributed by atoms with Gasteiger partial charge in [-0.15, -0.1) is 0 Å². The Balaban J connectivity index is 2.56. The lowest BCUT2D eigenvalue weighted by molar-refractivity contribution is 0.0762. The molecule has 1 rings (SSSR count). The molecule has 4 heteroatoms. The van der Waals surface area contributed by atoms with Gasteiger partial charge in [-0.2, -0.15) is 0 Å². The van der Waals surface area contributed by atoms with E-state index in [-0.39, 0.29) is 6.04 Å². The molecule has 0 aliphatic carbocycles. The Hall–Kier alpha value is -0.770. The van der Waals surface area contributed by atoms with Crippen molar-refractivity contribution in [1.82, 2.24) is 9.80 Å². The average Bonchev–Trinajstić information content (AvgIpc) is 2.03. The minimum atomic E-state index is -0.782. The van der Waals surface area contributed by atoms with Crippen molar-refractivity contribution in [2.24, 2.45) is 0 Å². The summed E-state index contributed by atoms with van der Waals surface area (Å²) in [5.74, 6) is 0. The van der Waals surface area contributed by atoms with Crippen molar-refractivity contribution in [1.29, 1.82) is 0 Å². The fraction of sp³-hybridized carbons (Fsp3) is 0.875. The lowest BCUT2D eigenvalue weighted by Gasteiger charge is -2.37. The number of rotatable bonds is 1. The summed E-state index contributed by atoms with van der Waals surface area (Å²) in [6.07, 6.45) is 0.117. The van der Waals surface area contributed by atoms with Crippen LogP contribution in [0.2, 0.25) is 0 Å². The molecule has 1 amide bonds. The molecule has 1 aliphatic rings. The van der Waals surface area contributed by atoms with Crippen LogP contribution in [-0.4, -0.2) is 53.7 Å². The van der Waals surface area contributed by atoms with Gasteiger partial charge in [-0.25, -0.2) is 4.79 Å². The van der Waals surface area contributed by atoms with E-state index >= 15 is 0 Å². The van der Waals surface area contributed by atoms with Crippen LogP contribution in [0.3, 0.4) is 0 Å². The maximum atomic E-state index is 10.7. The number of carbonyl (C=O) groups is 1. The van der Waals surface area contributed by atoms with Crippen molar-refractivity contribution in [3.63, 3.8) is 0 Å². The lowest BCUT2D eigenvalue weighted by Crippen LogP contribution is -2.53. The highest BCUT2D eigenvalue weighted by molar-refractivity contribution is 5.65. The molecule has 1 fully saturated rings. The highest BCUT2D eigenvalue weighted by atomic mass is 16.4. The van der Waals surface area contributed by atoms with Crippen LogP contribution in [0.25, 0.3) is 0 Å². The third-order valence-electron chi connectivity index (χ3n) is 2.40.